The Labute approximate surface area is 113 Å². The smallest absolute Gasteiger partial charge is 0.406 e. The number of rotatable bonds is 5. The Hall–Kier alpha value is -1.43. The number of methoxy groups -OCH3 is 1. The summed E-state index contributed by atoms with van der Waals surface area (Å²) < 4.78 is 42.0. The van der Waals surface area contributed by atoms with Crippen LogP contribution in [0.15, 0.2) is 24.3 Å². The van der Waals surface area contributed by atoms with E-state index in [4.69, 9.17) is 16.3 Å². The zero-order valence-electron chi connectivity index (χ0n) is 10.2. The SMILES string of the molecule is COc1ccc(C(=O)N(CCCl)CC(F)(F)F)cc1. The van der Waals surface area contributed by atoms with Crippen molar-refractivity contribution in [2.45, 2.75) is 6.18 Å². The topological polar surface area (TPSA) is 29.5 Å². The molecule has 3 nitrogen and oxygen atoms in total. The molecule has 106 valence electrons. The molecule has 0 atom stereocenters. The van der Waals surface area contributed by atoms with Crippen molar-refractivity contribution in [2.75, 3.05) is 26.1 Å². The Morgan fingerprint density at radius 3 is 2.32 bits per heavy atom. The minimum absolute atomic E-state index is 0.0576. The maximum atomic E-state index is 12.4. The number of benzene rings is 1. The fourth-order valence-corrected chi connectivity index (χ4v) is 1.69. The average Bonchev–Trinajstić information content (AvgIpc) is 2.36. The average molecular weight is 296 g/mol. The van der Waals surface area contributed by atoms with Gasteiger partial charge in [0.1, 0.15) is 12.3 Å². The molecule has 0 aromatic heterocycles. The van der Waals surface area contributed by atoms with E-state index in [1.54, 1.807) is 0 Å². The van der Waals surface area contributed by atoms with E-state index >= 15 is 0 Å². The van der Waals surface area contributed by atoms with Crippen LogP contribution in [-0.2, 0) is 0 Å². The highest BCUT2D eigenvalue weighted by molar-refractivity contribution is 6.18. The number of halogens is 4. The molecule has 1 aromatic rings. The summed E-state index contributed by atoms with van der Waals surface area (Å²) in [6, 6.07) is 5.86. The second-order valence-corrected chi connectivity index (χ2v) is 4.14. The number of nitrogens with zero attached hydrogens (tertiary/aromatic N) is 1. The molecule has 0 fully saturated rings. The minimum Gasteiger partial charge on any atom is -0.497 e. The minimum atomic E-state index is -4.45. The standard InChI is InChI=1S/C12H13ClF3NO2/c1-19-10-4-2-9(3-5-10)11(18)17(7-6-13)8-12(14,15)16/h2-5H,6-8H2,1H3. The van der Waals surface area contributed by atoms with Gasteiger partial charge >= 0.3 is 6.18 Å². The van der Waals surface area contributed by atoms with E-state index in [1.807, 2.05) is 0 Å². The number of alkyl halides is 4. The van der Waals surface area contributed by atoms with Gasteiger partial charge in [0.15, 0.2) is 0 Å². The summed E-state index contributed by atoms with van der Waals surface area (Å²) in [5.74, 6) is -0.241. The van der Waals surface area contributed by atoms with Crippen LogP contribution in [0.2, 0.25) is 0 Å². The number of hydrogen-bond donors (Lipinski definition) is 0. The van der Waals surface area contributed by atoms with Crippen molar-refractivity contribution in [3.63, 3.8) is 0 Å². The normalized spacial score (nSPS) is 11.2. The fraction of sp³-hybridized carbons (Fsp3) is 0.417. The van der Waals surface area contributed by atoms with E-state index in [0.717, 1.165) is 0 Å². The summed E-state index contributed by atoms with van der Waals surface area (Å²) in [6.45, 7) is -1.48. The van der Waals surface area contributed by atoms with Crippen molar-refractivity contribution < 1.29 is 22.7 Å². The van der Waals surface area contributed by atoms with Crippen molar-refractivity contribution in [3.8, 4) is 5.75 Å². The zero-order valence-corrected chi connectivity index (χ0v) is 11.0. The van der Waals surface area contributed by atoms with Gasteiger partial charge in [0.05, 0.1) is 7.11 Å². The number of ether oxygens (including phenoxy) is 1. The van der Waals surface area contributed by atoms with Crippen LogP contribution in [0.1, 0.15) is 10.4 Å². The van der Waals surface area contributed by atoms with Crippen LogP contribution in [-0.4, -0.2) is 43.1 Å². The Morgan fingerprint density at radius 2 is 1.89 bits per heavy atom. The molecule has 19 heavy (non-hydrogen) atoms. The number of carbonyl (C=O) groups excluding carboxylic acids is 1. The summed E-state index contributed by atoms with van der Waals surface area (Å²) in [5.41, 5.74) is 0.162. The molecule has 0 aliphatic carbocycles. The summed E-state index contributed by atoms with van der Waals surface area (Å²) in [4.78, 5) is 12.6. The molecule has 0 aliphatic rings. The molecular formula is C12H13ClF3NO2. The first-order valence-electron chi connectivity index (χ1n) is 5.43. The molecule has 0 unspecified atom stereocenters. The van der Waals surface area contributed by atoms with Crippen LogP contribution in [0.3, 0.4) is 0 Å². The highest BCUT2D eigenvalue weighted by atomic mass is 35.5. The van der Waals surface area contributed by atoms with Gasteiger partial charge in [-0.25, -0.2) is 0 Å². The molecule has 0 spiro atoms. The summed E-state index contributed by atoms with van der Waals surface area (Å²) >= 11 is 5.42. The molecule has 1 aromatic carbocycles. The van der Waals surface area contributed by atoms with Gasteiger partial charge in [-0.2, -0.15) is 13.2 Å². The molecule has 0 radical (unpaired) electrons. The first-order chi connectivity index (χ1) is 8.87. The molecule has 0 heterocycles. The molecular weight excluding hydrogens is 283 g/mol. The molecule has 7 heteroatoms. The Balaban J connectivity index is 2.85. The lowest BCUT2D eigenvalue weighted by molar-refractivity contribution is -0.140. The predicted octanol–water partition coefficient (Wildman–Crippen LogP) is 2.94. The van der Waals surface area contributed by atoms with E-state index < -0.39 is 18.6 Å². The third-order valence-corrected chi connectivity index (χ3v) is 2.52. The highest BCUT2D eigenvalue weighted by Crippen LogP contribution is 2.19. The van der Waals surface area contributed by atoms with Gasteiger partial charge in [0.2, 0.25) is 0 Å². The molecule has 0 saturated heterocycles. The first-order valence-corrected chi connectivity index (χ1v) is 5.97. The summed E-state index contributed by atoms with van der Waals surface area (Å²) in [7, 11) is 1.46. The second kappa shape index (κ2) is 6.65. The lowest BCUT2D eigenvalue weighted by atomic mass is 10.2. The van der Waals surface area contributed by atoms with E-state index in [9.17, 15) is 18.0 Å². The van der Waals surface area contributed by atoms with Gasteiger partial charge in [-0.15, -0.1) is 11.6 Å². The maximum absolute atomic E-state index is 12.4. The van der Waals surface area contributed by atoms with Gasteiger partial charge in [-0.05, 0) is 24.3 Å². The van der Waals surface area contributed by atoms with E-state index in [0.29, 0.717) is 10.6 Å². The van der Waals surface area contributed by atoms with Crippen molar-refractivity contribution in [1.82, 2.24) is 4.90 Å². The molecule has 0 aliphatic heterocycles. The highest BCUT2D eigenvalue weighted by Gasteiger charge is 2.33. The quantitative estimate of drug-likeness (QED) is 0.782. The van der Waals surface area contributed by atoms with Crippen LogP contribution in [0.25, 0.3) is 0 Å². The summed E-state index contributed by atoms with van der Waals surface area (Å²) in [6.07, 6.45) is -4.45. The molecule has 0 bridgehead atoms. The third-order valence-electron chi connectivity index (χ3n) is 2.35. The molecule has 0 saturated carbocycles. The maximum Gasteiger partial charge on any atom is 0.406 e. The zero-order chi connectivity index (χ0) is 14.5. The van der Waals surface area contributed by atoms with Gasteiger partial charge in [0.25, 0.3) is 5.91 Å². The van der Waals surface area contributed by atoms with Gasteiger partial charge in [-0.1, -0.05) is 0 Å². The number of amides is 1. The van der Waals surface area contributed by atoms with E-state index in [-0.39, 0.29) is 18.0 Å². The molecule has 0 N–H and O–H groups in total. The van der Waals surface area contributed by atoms with Crippen LogP contribution in [0.5, 0.6) is 5.75 Å². The van der Waals surface area contributed by atoms with E-state index in [1.165, 1.54) is 31.4 Å². The van der Waals surface area contributed by atoms with Crippen LogP contribution >= 0.6 is 11.6 Å². The predicted molar refractivity (Wildman–Crippen MR) is 65.7 cm³/mol. The fourth-order valence-electron chi connectivity index (χ4n) is 1.49. The largest absolute Gasteiger partial charge is 0.497 e. The van der Waals surface area contributed by atoms with Crippen molar-refractivity contribution in [3.05, 3.63) is 29.8 Å². The number of carbonyl (C=O) groups is 1. The van der Waals surface area contributed by atoms with Crippen molar-refractivity contribution in [2.24, 2.45) is 0 Å². The molecule has 1 rings (SSSR count). The first kappa shape index (κ1) is 15.6. The summed E-state index contributed by atoms with van der Waals surface area (Å²) in [5, 5.41) is 0. The Morgan fingerprint density at radius 1 is 1.32 bits per heavy atom. The lowest BCUT2D eigenvalue weighted by Crippen LogP contribution is -2.40. The van der Waals surface area contributed by atoms with Gasteiger partial charge in [-0.3, -0.25) is 4.79 Å². The van der Waals surface area contributed by atoms with Gasteiger partial charge in [0, 0.05) is 18.0 Å². The monoisotopic (exact) mass is 295 g/mol. The Bertz CT molecular complexity index is 420. The third kappa shape index (κ3) is 4.98. The second-order valence-electron chi connectivity index (χ2n) is 3.76. The van der Waals surface area contributed by atoms with Crippen LogP contribution in [0.4, 0.5) is 13.2 Å². The molecule has 1 amide bonds. The van der Waals surface area contributed by atoms with Crippen molar-refractivity contribution >= 4 is 17.5 Å². The van der Waals surface area contributed by atoms with Crippen LogP contribution < -0.4 is 4.74 Å². The lowest BCUT2D eigenvalue weighted by Gasteiger charge is -2.23. The van der Waals surface area contributed by atoms with Crippen molar-refractivity contribution in [1.29, 1.82) is 0 Å². The van der Waals surface area contributed by atoms with Crippen LogP contribution in [0, 0.1) is 0 Å². The number of hydrogen-bond acceptors (Lipinski definition) is 2. The van der Waals surface area contributed by atoms with Gasteiger partial charge < -0.3 is 9.64 Å². The van der Waals surface area contributed by atoms with E-state index in [2.05, 4.69) is 0 Å². The Kier molecular flexibility index (Phi) is 5.47.